The number of carbonyl (C=O) groups excluding carboxylic acids is 1. The summed E-state index contributed by atoms with van der Waals surface area (Å²) >= 11 is 0. The van der Waals surface area contributed by atoms with Gasteiger partial charge in [-0.1, -0.05) is 6.92 Å². The van der Waals surface area contributed by atoms with E-state index in [-0.39, 0.29) is 23.8 Å². The Morgan fingerprint density at radius 3 is 2.22 bits per heavy atom. The third-order valence-corrected chi connectivity index (χ3v) is 6.89. The normalized spacial score (nSPS) is 11.4. The molecular weight excluding hydrogens is 499 g/mol. The Balaban J connectivity index is 1.81. The zero-order valence-electron chi connectivity index (χ0n) is 20.9. The molecule has 37 heavy (non-hydrogen) atoms. The first kappa shape index (κ1) is 26.0. The lowest BCUT2D eigenvalue weighted by molar-refractivity contribution is 0.0964. The molecule has 0 spiro atoms. The lowest BCUT2D eigenvalue weighted by atomic mass is 10.0. The van der Waals surface area contributed by atoms with Crippen molar-refractivity contribution in [2.24, 2.45) is 0 Å². The van der Waals surface area contributed by atoms with Crippen LogP contribution in [0.2, 0.25) is 0 Å². The number of nitrogens with one attached hydrogen (secondary N) is 1. The van der Waals surface area contributed by atoms with Gasteiger partial charge in [0.1, 0.15) is 34.4 Å². The van der Waals surface area contributed by atoms with E-state index in [4.69, 9.17) is 13.9 Å². The van der Waals surface area contributed by atoms with E-state index < -0.39 is 10.0 Å². The number of hydrogen-bond donors (Lipinski definition) is 1. The van der Waals surface area contributed by atoms with Crippen LogP contribution < -0.4 is 19.1 Å². The van der Waals surface area contributed by atoms with Gasteiger partial charge in [0.15, 0.2) is 0 Å². The topological polar surface area (TPSA) is 98.1 Å². The molecule has 0 radical (unpaired) electrons. The average molecular weight is 527 g/mol. The van der Waals surface area contributed by atoms with E-state index in [0.29, 0.717) is 51.6 Å². The third kappa shape index (κ3) is 5.39. The summed E-state index contributed by atoms with van der Waals surface area (Å²) in [6.45, 7) is 2.13. The molecule has 4 aromatic rings. The van der Waals surface area contributed by atoms with Gasteiger partial charge in [0.05, 0.1) is 24.6 Å². The zero-order valence-corrected chi connectivity index (χ0v) is 21.7. The number of amides is 1. The quantitative estimate of drug-likeness (QED) is 0.306. The van der Waals surface area contributed by atoms with Crippen LogP contribution in [-0.4, -0.2) is 41.3 Å². The van der Waals surface area contributed by atoms with Gasteiger partial charge in [0.2, 0.25) is 10.0 Å². The van der Waals surface area contributed by atoms with Crippen molar-refractivity contribution in [2.75, 3.05) is 31.3 Å². The van der Waals surface area contributed by atoms with Crippen LogP contribution in [0.5, 0.6) is 17.2 Å². The highest BCUT2D eigenvalue weighted by Crippen LogP contribution is 2.41. The number of ether oxygens (including phenoxy) is 2. The second kappa shape index (κ2) is 10.5. The fourth-order valence-corrected chi connectivity index (χ4v) is 5.02. The Kier molecular flexibility index (Phi) is 7.40. The first-order valence-corrected chi connectivity index (χ1v) is 13.4. The molecule has 1 N–H and O–H groups in total. The maximum absolute atomic E-state index is 13.2. The van der Waals surface area contributed by atoms with Gasteiger partial charge in [0.25, 0.3) is 5.91 Å². The molecule has 194 valence electrons. The number of furan rings is 1. The van der Waals surface area contributed by atoms with Gasteiger partial charge in [-0.2, -0.15) is 0 Å². The fraction of sp³-hybridized carbons (Fsp3) is 0.222. The number of benzene rings is 3. The van der Waals surface area contributed by atoms with Crippen molar-refractivity contribution in [3.05, 3.63) is 72.0 Å². The van der Waals surface area contributed by atoms with Crippen molar-refractivity contribution < 1.29 is 31.5 Å². The Labute approximate surface area is 214 Å². The molecule has 0 unspecified atom stereocenters. The van der Waals surface area contributed by atoms with Gasteiger partial charge < -0.3 is 19.2 Å². The number of methoxy groups -OCH3 is 1. The molecule has 1 aromatic heterocycles. The number of carbonyl (C=O) groups is 1. The first-order chi connectivity index (χ1) is 17.7. The summed E-state index contributed by atoms with van der Waals surface area (Å²) in [5.74, 6) is 0.869. The Bertz CT molecular complexity index is 1530. The predicted molar refractivity (Wildman–Crippen MR) is 141 cm³/mol. The van der Waals surface area contributed by atoms with E-state index in [2.05, 4.69) is 5.32 Å². The fourth-order valence-electron chi connectivity index (χ4n) is 4.01. The van der Waals surface area contributed by atoms with Gasteiger partial charge in [-0.15, -0.1) is 0 Å². The molecule has 4 rings (SSSR count). The lowest BCUT2D eigenvalue weighted by Crippen LogP contribution is -2.30. The van der Waals surface area contributed by atoms with Gasteiger partial charge in [-0.25, -0.2) is 12.8 Å². The molecule has 0 fully saturated rings. The minimum atomic E-state index is -3.59. The molecule has 0 aliphatic heterocycles. The highest BCUT2D eigenvalue weighted by molar-refractivity contribution is 7.92. The van der Waals surface area contributed by atoms with Crippen LogP contribution in [0.3, 0.4) is 0 Å². The largest absolute Gasteiger partial charge is 0.495 e. The number of sulfonamides is 1. The summed E-state index contributed by atoms with van der Waals surface area (Å²) < 4.78 is 56.8. The number of halogens is 1. The van der Waals surface area contributed by atoms with Crippen LogP contribution in [0.15, 0.2) is 65.1 Å². The van der Waals surface area contributed by atoms with Crippen molar-refractivity contribution >= 4 is 32.6 Å². The standard InChI is InChI=1S/C27H27FN2O6S/c1-5-14-30(37(4,32)33)22-16-23-21(15-24(22)34-3)25(27(31)29-2)26(36-23)17-6-10-19(11-7-17)35-20-12-8-18(28)9-13-20/h6-13,15-16H,5,14H2,1-4H3,(H,29,31). The van der Waals surface area contributed by atoms with E-state index >= 15 is 0 Å². The summed E-state index contributed by atoms with van der Waals surface area (Å²) in [6, 6.07) is 15.7. The number of rotatable bonds is 9. The Hall–Kier alpha value is -4.05. The maximum Gasteiger partial charge on any atom is 0.255 e. The van der Waals surface area contributed by atoms with Gasteiger partial charge in [-0.05, 0) is 61.0 Å². The maximum atomic E-state index is 13.2. The molecule has 10 heteroatoms. The average Bonchev–Trinajstić information content (AvgIpc) is 3.25. The Morgan fingerprint density at radius 2 is 1.68 bits per heavy atom. The molecule has 0 aliphatic rings. The highest BCUT2D eigenvalue weighted by atomic mass is 32.2. The third-order valence-electron chi connectivity index (χ3n) is 5.71. The van der Waals surface area contributed by atoms with Gasteiger partial charge >= 0.3 is 0 Å². The monoisotopic (exact) mass is 526 g/mol. The van der Waals surface area contributed by atoms with E-state index in [1.807, 2.05) is 6.92 Å². The van der Waals surface area contributed by atoms with Crippen molar-refractivity contribution in [1.29, 1.82) is 0 Å². The SMILES string of the molecule is CCCN(c1cc2oc(-c3ccc(Oc4ccc(F)cc4)cc3)c(C(=O)NC)c2cc1OC)S(C)(=O)=O. The smallest absolute Gasteiger partial charge is 0.255 e. The summed E-state index contributed by atoms with van der Waals surface area (Å²) in [4.78, 5) is 12.9. The van der Waals surface area contributed by atoms with E-state index in [0.717, 1.165) is 6.26 Å². The molecule has 1 amide bonds. The molecule has 0 saturated heterocycles. The molecule has 0 aliphatic carbocycles. The number of anilines is 1. The van der Waals surface area contributed by atoms with Crippen molar-refractivity contribution in [3.8, 4) is 28.6 Å². The minimum absolute atomic E-state index is 0.256. The highest BCUT2D eigenvalue weighted by Gasteiger charge is 2.27. The van der Waals surface area contributed by atoms with E-state index in [1.165, 1.54) is 42.7 Å². The van der Waals surface area contributed by atoms with Crippen LogP contribution in [-0.2, 0) is 10.0 Å². The number of fused-ring (bicyclic) bond motifs is 1. The van der Waals surface area contributed by atoms with Gasteiger partial charge in [0, 0.05) is 30.6 Å². The molecule has 0 saturated carbocycles. The van der Waals surface area contributed by atoms with Crippen molar-refractivity contribution in [3.63, 3.8) is 0 Å². The van der Waals surface area contributed by atoms with E-state index in [1.54, 1.807) is 36.4 Å². The lowest BCUT2D eigenvalue weighted by Gasteiger charge is -2.23. The molecular formula is C27H27FN2O6S. The molecule has 0 bridgehead atoms. The molecule has 3 aromatic carbocycles. The minimum Gasteiger partial charge on any atom is -0.495 e. The molecule has 8 nitrogen and oxygen atoms in total. The molecule has 0 atom stereocenters. The van der Waals surface area contributed by atoms with Crippen LogP contribution in [0.25, 0.3) is 22.3 Å². The van der Waals surface area contributed by atoms with Crippen LogP contribution in [0.4, 0.5) is 10.1 Å². The van der Waals surface area contributed by atoms with Crippen LogP contribution in [0, 0.1) is 5.82 Å². The van der Waals surface area contributed by atoms with Gasteiger partial charge in [-0.3, -0.25) is 9.10 Å². The second-order valence-corrected chi connectivity index (χ2v) is 10.2. The van der Waals surface area contributed by atoms with Crippen molar-refractivity contribution in [2.45, 2.75) is 13.3 Å². The number of nitrogens with zero attached hydrogens (tertiary/aromatic N) is 1. The summed E-state index contributed by atoms with van der Waals surface area (Å²) in [7, 11) is -0.635. The van der Waals surface area contributed by atoms with Crippen molar-refractivity contribution in [1.82, 2.24) is 5.32 Å². The van der Waals surface area contributed by atoms with Crippen LogP contribution in [0.1, 0.15) is 23.7 Å². The Morgan fingerprint density at radius 1 is 1.05 bits per heavy atom. The summed E-state index contributed by atoms with van der Waals surface area (Å²) in [5, 5.41) is 3.11. The van der Waals surface area contributed by atoms with E-state index in [9.17, 15) is 17.6 Å². The zero-order chi connectivity index (χ0) is 26.7. The number of hydrogen-bond acceptors (Lipinski definition) is 6. The first-order valence-electron chi connectivity index (χ1n) is 11.5. The molecule has 1 heterocycles. The second-order valence-electron chi connectivity index (χ2n) is 8.32. The van der Waals surface area contributed by atoms with Crippen LogP contribution >= 0.6 is 0 Å². The predicted octanol–water partition coefficient (Wildman–Crippen LogP) is 5.58. The summed E-state index contributed by atoms with van der Waals surface area (Å²) in [5.41, 5.74) is 1.55. The summed E-state index contributed by atoms with van der Waals surface area (Å²) in [6.07, 6.45) is 1.72.